The summed E-state index contributed by atoms with van der Waals surface area (Å²) in [7, 11) is 0. The summed E-state index contributed by atoms with van der Waals surface area (Å²) in [6.45, 7) is 1.64. The molecular formula is C18H12O. The zero-order valence-electron chi connectivity index (χ0n) is 10.6. The number of benzene rings is 3. The van der Waals surface area contributed by atoms with E-state index in [0.717, 1.165) is 11.1 Å². The monoisotopic (exact) mass is 244 g/mol. The van der Waals surface area contributed by atoms with Crippen molar-refractivity contribution in [3.05, 3.63) is 60.2 Å². The van der Waals surface area contributed by atoms with Gasteiger partial charge >= 0.3 is 0 Å². The zero-order chi connectivity index (χ0) is 13.0. The molecule has 0 unspecified atom stereocenters. The van der Waals surface area contributed by atoms with Crippen LogP contribution in [0.15, 0.2) is 54.6 Å². The van der Waals surface area contributed by atoms with Gasteiger partial charge in [0.15, 0.2) is 5.78 Å². The van der Waals surface area contributed by atoms with Gasteiger partial charge in [-0.2, -0.15) is 0 Å². The normalized spacial score (nSPS) is 11.6. The van der Waals surface area contributed by atoms with E-state index >= 15 is 0 Å². The lowest BCUT2D eigenvalue weighted by Crippen LogP contribution is -1.95. The molecule has 0 heterocycles. The third-order valence-corrected chi connectivity index (χ3v) is 3.91. The molecule has 0 fully saturated rings. The molecule has 19 heavy (non-hydrogen) atoms. The maximum Gasteiger partial charge on any atom is 0.160 e. The van der Waals surface area contributed by atoms with Crippen LogP contribution in [0.25, 0.3) is 33.0 Å². The topological polar surface area (TPSA) is 17.1 Å². The number of carbonyl (C=O) groups excluding carboxylic acids is 1. The van der Waals surface area contributed by atoms with Gasteiger partial charge in [0, 0.05) is 11.1 Å². The van der Waals surface area contributed by atoms with Crippen molar-refractivity contribution in [3.63, 3.8) is 0 Å². The predicted molar refractivity (Wildman–Crippen MR) is 78.4 cm³/mol. The van der Waals surface area contributed by atoms with Crippen molar-refractivity contribution < 1.29 is 4.79 Å². The van der Waals surface area contributed by atoms with Gasteiger partial charge in [-0.3, -0.25) is 4.79 Å². The third-order valence-electron chi connectivity index (χ3n) is 3.91. The molecule has 3 aromatic carbocycles. The van der Waals surface area contributed by atoms with E-state index < -0.39 is 0 Å². The van der Waals surface area contributed by atoms with Crippen LogP contribution in [-0.4, -0.2) is 5.78 Å². The second-order valence-electron chi connectivity index (χ2n) is 4.99. The summed E-state index contributed by atoms with van der Waals surface area (Å²) in [6.07, 6.45) is 0. The highest BCUT2D eigenvalue weighted by atomic mass is 16.1. The first-order valence-corrected chi connectivity index (χ1v) is 6.44. The molecule has 0 saturated carbocycles. The third kappa shape index (κ3) is 1.27. The van der Waals surface area contributed by atoms with Crippen LogP contribution < -0.4 is 0 Å². The number of fused-ring (bicyclic) bond motifs is 3. The first kappa shape index (κ1) is 10.5. The number of hydrogen-bond acceptors (Lipinski definition) is 1. The van der Waals surface area contributed by atoms with Crippen molar-refractivity contribution >= 4 is 16.6 Å². The van der Waals surface area contributed by atoms with E-state index in [1.807, 2.05) is 18.2 Å². The summed E-state index contributed by atoms with van der Waals surface area (Å²) in [5.41, 5.74) is 5.59. The Hall–Kier alpha value is -2.41. The van der Waals surface area contributed by atoms with Gasteiger partial charge in [0.25, 0.3) is 0 Å². The fourth-order valence-corrected chi connectivity index (χ4v) is 3.11. The summed E-state index contributed by atoms with van der Waals surface area (Å²) >= 11 is 0. The lowest BCUT2D eigenvalue weighted by atomic mass is 9.96. The first-order valence-electron chi connectivity index (χ1n) is 6.44. The molecule has 4 rings (SSSR count). The minimum atomic E-state index is 0.128. The highest BCUT2D eigenvalue weighted by Gasteiger charge is 2.24. The molecule has 0 bridgehead atoms. The van der Waals surface area contributed by atoms with Crippen molar-refractivity contribution in [2.75, 3.05) is 0 Å². The van der Waals surface area contributed by atoms with E-state index in [2.05, 4.69) is 36.4 Å². The van der Waals surface area contributed by atoms with Crippen LogP contribution in [0.5, 0.6) is 0 Å². The molecule has 1 nitrogen and oxygen atoms in total. The van der Waals surface area contributed by atoms with Crippen LogP contribution in [0.2, 0.25) is 0 Å². The molecule has 0 radical (unpaired) electrons. The molecule has 0 atom stereocenters. The van der Waals surface area contributed by atoms with Crippen LogP contribution >= 0.6 is 0 Å². The summed E-state index contributed by atoms with van der Waals surface area (Å²) < 4.78 is 0. The van der Waals surface area contributed by atoms with E-state index in [1.54, 1.807) is 6.92 Å². The average Bonchev–Trinajstić information content (AvgIpc) is 2.77. The number of rotatable bonds is 1. The second kappa shape index (κ2) is 3.55. The average molecular weight is 244 g/mol. The Bertz CT molecular complexity index is 843. The molecular weight excluding hydrogens is 232 g/mol. The minimum absolute atomic E-state index is 0.128. The lowest BCUT2D eigenvalue weighted by Gasteiger charge is -2.07. The highest BCUT2D eigenvalue weighted by Crippen LogP contribution is 2.48. The van der Waals surface area contributed by atoms with E-state index in [4.69, 9.17) is 0 Å². The summed E-state index contributed by atoms with van der Waals surface area (Å²) in [6, 6.07) is 18.7. The number of Topliss-reactive ketones (excluding diaryl/α,β-unsaturated/α-hetero) is 1. The first-order chi connectivity index (χ1) is 9.27. The maximum absolute atomic E-state index is 11.9. The molecule has 90 valence electrons. The molecule has 0 aromatic heterocycles. The molecule has 3 aromatic rings. The molecule has 1 aliphatic rings. The largest absolute Gasteiger partial charge is 0.294 e. The number of hydrogen-bond donors (Lipinski definition) is 0. The summed E-state index contributed by atoms with van der Waals surface area (Å²) in [5.74, 6) is 0.128. The quantitative estimate of drug-likeness (QED) is 0.444. The fourth-order valence-electron chi connectivity index (χ4n) is 3.11. The van der Waals surface area contributed by atoms with Crippen molar-refractivity contribution in [2.45, 2.75) is 6.92 Å². The van der Waals surface area contributed by atoms with Crippen LogP contribution in [0.1, 0.15) is 17.3 Å². The minimum Gasteiger partial charge on any atom is -0.294 e. The Morgan fingerprint density at radius 3 is 2.32 bits per heavy atom. The maximum atomic E-state index is 11.9. The van der Waals surface area contributed by atoms with Gasteiger partial charge in [0.05, 0.1) is 0 Å². The predicted octanol–water partition coefficient (Wildman–Crippen LogP) is 4.69. The molecule has 1 heteroatoms. The van der Waals surface area contributed by atoms with E-state index in [9.17, 15) is 4.79 Å². The van der Waals surface area contributed by atoms with Crippen molar-refractivity contribution in [1.82, 2.24) is 0 Å². The second-order valence-corrected chi connectivity index (χ2v) is 4.99. The standard InChI is InChI=1S/C18H12O/c1-11(19)13-10-9-12-5-4-8-15-14-6-2-3-7-16(14)18(13)17(12)15/h2-10H,1H3. The van der Waals surface area contributed by atoms with Gasteiger partial charge in [-0.05, 0) is 34.4 Å². The van der Waals surface area contributed by atoms with Crippen molar-refractivity contribution in [1.29, 1.82) is 0 Å². The van der Waals surface area contributed by atoms with E-state index in [0.29, 0.717) is 0 Å². The smallest absolute Gasteiger partial charge is 0.160 e. The van der Waals surface area contributed by atoms with Crippen molar-refractivity contribution in [3.8, 4) is 22.3 Å². The number of ketones is 1. The molecule has 1 aliphatic carbocycles. The molecule has 0 saturated heterocycles. The Morgan fingerprint density at radius 1 is 0.789 bits per heavy atom. The molecule has 0 N–H and O–H groups in total. The fraction of sp³-hybridized carbons (Fsp3) is 0.0556. The van der Waals surface area contributed by atoms with E-state index in [1.165, 1.54) is 27.5 Å². The highest BCUT2D eigenvalue weighted by molar-refractivity contribution is 6.20. The Kier molecular flexibility index (Phi) is 1.96. The van der Waals surface area contributed by atoms with Crippen LogP contribution in [0, 0.1) is 0 Å². The summed E-state index contributed by atoms with van der Waals surface area (Å²) in [4.78, 5) is 11.9. The van der Waals surface area contributed by atoms with Crippen molar-refractivity contribution in [2.24, 2.45) is 0 Å². The Balaban J connectivity index is 2.28. The molecule has 0 aliphatic heterocycles. The van der Waals surface area contributed by atoms with Gasteiger partial charge in [-0.25, -0.2) is 0 Å². The van der Waals surface area contributed by atoms with Crippen LogP contribution in [0.4, 0.5) is 0 Å². The zero-order valence-corrected chi connectivity index (χ0v) is 10.6. The van der Waals surface area contributed by atoms with Gasteiger partial charge in [0.1, 0.15) is 0 Å². The molecule has 0 spiro atoms. The Morgan fingerprint density at radius 2 is 1.53 bits per heavy atom. The van der Waals surface area contributed by atoms with Crippen LogP contribution in [-0.2, 0) is 0 Å². The molecule has 0 amide bonds. The lowest BCUT2D eigenvalue weighted by molar-refractivity contribution is 0.101. The van der Waals surface area contributed by atoms with Crippen LogP contribution in [0.3, 0.4) is 0 Å². The van der Waals surface area contributed by atoms with Gasteiger partial charge in [-0.1, -0.05) is 54.6 Å². The summed E-state index contributed by atoms with van der Waals surface area (Å²) in [5, 5.41) is 2.42. The Labute approximate surface area is 111 Å². The van der Waals surface area contributed by atoms with Gasteiger partial charge in [-0.15, -0.1) is 0 Å². The van der Waals surface area contributed by atoms with Gasteiger partial charge < -0.3 is 0 Å². The van der Waals surface area contributed by atoms with Gasteiger partial charge in [0.2, 0.25) is 0 Å². The SMILES string of the molecule is CC(=O)c1ccc2cccc3c2c1-c1ccccc1-3. The van der Waals surface area contributed by atoms with E-state index in [-0.39, 0.29) is 5.78 Å². The number of carbonyl (C=O) groups is 1.